The molecule has 0 bridgehead atoms. The van der Waals surface area contributed by atoms with Gasteiger partial charge in [-0.2, -0.15) is 0 Å². The standard InChI is InChI=1S/C40H53NO10/c1-41(2)40(44)29-20-22-31(23-21-29)49-36(43)17-9-4-3-8-16-33-34(42)26-35(51-38-19-11-13-25-46-38)39(33)48-28-32(50-37-18-10-12-24-45-37)27-47-30-14-6-5-7-15-30/h3,5-8,14-15,20-23,32-33,35,37-39H,4,9-13,16-19,24-28H2,1-2H3/b8-3-/t32?,33-,35-,37?,38?,39-/m0/s1. The van der Waals surface area contributed by atoms with Crippen molar-refractivity contribution in [3.05, 3.63) is 72.3 Å². The van der Waals surface area contributed by atoms with E-state index in [1.54, 1.807) is 38.4 Å². The molecular weight excluding hydrogens is 654 g/mol. The zero-order valence-corrected chi connectivity index (χ0v) is 30.0. The molecule has 5 rings (SSSR count). The molecule has 3 fully saturated rings. The number of rotatable bonds is 18. The molecule has 2 heterocycles. The molecule has 2 aromatic rings. The van der Waals surface area contributed by atoms with Crippen LogP contribution in [0, 0.1) is 5.92 Å². The Morgan fingerprint density at radius 1 is 0.882 bits per heavy atom. The number of nitrogens with zero attached hydrogens (tertiary/aromatic N) is 1. The lowest BCUT2D eigenvalue weighted by Gasteiger charge is -2.32. The van der Waals surface area contributed by atoms with Gasteiger partial charge in [0.1, 0.15) is 30.0 Å². The predicted octanol–water partition coefficient (Wildman–Crippen LogP) is 6.29. The van der Waals surface area contributed by atoms with Gasteiger partial charge in [0.05, 0.1) is 24.7 Å². The Morgan fingerprint density at radius 3 is 2.29 bits per heavy atom. The summed E-state index contributed by atoms with van der Waals surface area (Å²) in [5.74, 6) is 0.397. The van der Waals surface area contributed by atoms with E-state index in [1.807, 2.05) is 42.5 Å². The highest BCUT2D eigenvalue weighted by Gasteiger charge is 2.45. The number of amides is 1. The summed E-state index contributed by atoms with van der Waals surface area (Å²) in [5, 5.41) is 0. The van der Waals surface area contributed by atoms with E-state index in [1.165, 1.54) is 4.90 Å². The number of Topliss-reactive ketones (excluding diaryl/α,β-unsaturated/α-hetero) is 1. The zero-order chi connectivity index (χ0) is 35.8. The lowest BCUT2D eigenvalue weighted by molar-refractivity contribution is -0.226. The first-order valence-electron chi connectivity index (χ1n) is 18.4. The van der Waals surface area contributed by atoms with Crippen LogP contribution < -0.4 is 9.47 Å². The Bertz CT molecular complexity index is 1390. The van der Waals surface area contributed by atoms with Crippen molar-refractivity contribution in [3.8, 4) is 11.5 Å². The molecule has 11 nitrogen and oxygen atoms in total. The third-order valence-electron chi connectivity index (χ3n) is 9.23. The van der Waals surface area contributed by atoms with E-state index in [2.05, 4.69) is 0 Å². The summed E-state index contributed by atoms with van der Waals surface area (Å²) in [7, 11) is 3.37. The van der Waals surface area contributed by atoms with Crippen molar-refractivity contribution in [2.24, 2.45) is 5.92 Å². The van der Waals surface area contributed by atoms with Gasteiger partial charge >= 0.3 is 5.97 Å². The molecule has 278 valence electrons. The first-order valence-corrected chi connectivity index (χ1v) is 18.4. The number of hydrogen-bond donors (Lipinski definition) is 0. The first-order chi connectivity index (χ1) is 24.9. The summed E-state index contributed by atoms with van der Waals surface area (Å²) in [6.07, 6.45) is 9.94. The number of carbonyl (C=O) groups excluding carboxylic acids is 3. The van der Waals surface area contributed by atoms with Crippen molar-refractivity contribution in [1.29, 1.82) is 0 Å². The SMILES string of the molecule is CN(C)C(=O)c1ccc(OC(=O)CCC/C=C\C[C@H]2C(=O)C[C@H](OC3CCCCO3)[C@H]2OCC(COc2ccccc2)OC2CCCCO2)cc1. The quantitative estimate of drug-likeness (QED) is 0.0758. The number of allylic oxidation sites excluding steroid dienone is 2. The van der Waals surface area contributed by atoms with Crippen molar-refractivity contribution < 1.29 is 47.5 Å². The van der Waals surface area contributed by atoms with Crippen LogP contribution >= 0.6 is 0 Å². The Morgan fingerprint density at radius 2 is 1.61 bits per heavy atom. The average molecular weight is 708 g/mol. The van der Waals surface area contributed by atoms with Crippen LogP contribution in [0.4, 0.5) is 0 Å². The fourth-order valence-corrected chi connectivity index (χ4v) is 6.45. The zero-order valence-electron chi connectivity index (χ0n) is 30.0. The maximum absolute atomic E-state index is 13.4. The molecule has 2 aliphatic heterocycles. The van der Waals surface area contributed by atoms with Gasteiger partial charge < -0.3 is 38.1 Å². The van der Waals surface area contributed by atoms with Gasteiger partial charge in [-0.3, -0.25) is 14.4 Å². The van der Waals surface area contributed by atoms with E-state index in [4.69, 9.17) is 33.2 Å². The summed E-state index contributed by atoms with van der Waals surface area (Å²) < 4.78 is 42.5. The average Bonchev–Trinajstić information content (AvgIpc) is 3.44. The summed E-state index contributed by atoms with van der Waals surface area (Å²) in [6.45, 7) is 1.80. The molecule has 3 aliphatic rings. The number of carbonyl (C=O) groups is 3. The molecule has 3 unspecified atom stereocenters. The van der Waals surface area contributed by atoms with Gasteiger partial charge in [0.15, 0.2) is 12.6 Å². The first kappa shape index (κ1) is 38.6. The van der Waals surface area contributed by atoms with Crippen LogP contribution in [0.25, 0.3) is 0 Å². The number of hydrogen-bond acceptors (Lipinski definition) is 10. The number of para-hydroxylation sites is 1. The van der Waals surface area contributed by atoms with Crippen LogP contribution in [-0.2, 0) is 33.3 Å². The molecule has 0 N–H and O–H groups in total. The Kier molecular flexibility index (Phi) is 15.5. The highest BCUT2D eigenvalue weighted by molar-refractivity contribution is 5.94. The molecule has 1 saturated carbocycles. The largest absolute Gasteiger partial charge is 0.491 e. The van der Waals surface area contributed by atoms with Crippen LogP contribution in [0.2, 0.25) is 0 Å². The smallest absolute Gasteiger partial charge is 0.311 e. The van der Waals surface area contributed by atoms with Crippen molar-refractivity contribution in [1.82, 2.24) is 4.90 Å². The van der Waals surface area contributed by atoms with Crippen molar-refractivity contribution in [2.75, 3.05) is 40.5 Å². The van der Waals surface area contributed by atoms with Gasteiger partial charge in [0, 0.05) is 45.7 Å². The second-order valence-electron chi connectivity index (χ2n) is 13.5. The van der Waals surface area contributed by atoms with Gasteiger partial charge in [-0.1, -0.05) is 30.4 Å². The number of ketones is 1. The maximum atomic E-state index is 13.4. The molecule has 1 amide bonds. The van der Waals surface area contributed by atoms with Crippen molar-refractivity contribution >= 4 is 17.7 Å². The highest BCUT2D eigenvalue weighted by Crippen LogP contribution is 2.33. The summed E-state index contributed by atoms with van der Waals surface area (Å²) in [4.78, 5) is 39.4. The minimum Gasteiger partial charge on any atom is -0.491 e. The van der Waals surface area contributed by atoms with Crippen LogP contribution in [0.15, 0.2) is 66.7 Å². The van der Waals surface area contributed by atoms with Gasteiger partial charge in [0.25, 0.3) is 5.91 Å². The van der Waals surface area contributed by atoms with Gasteiger partial charge in [-0.25, -0.2) is 0 Å². The fraction of sp³-hybridized carbons (Fsp3) is 0.575. The third kappa shape index (κ3) is 12.5. The minimum atomic E-state index is -0.475. The van der Waals surface area contributed by atoms with E-state index < -0.39 is 18.3 Å². The molecule has 11 heteroatoms. The van der Waals surface area contributed by atoms with Gasteiger partial charge in [-0.15, -0.1) is 0 Å². The maximum Gasteiger partial charge on any atom is 0.311 e. The Balaban J connectivity index is 1.14. The van der Waals surface area contributed by atoms with Crippen LogP contribution in [-0.4, -0.2) is 94.0 Å². The number of benzene rings is 2. The molecule has 0 aromatic heterocycles. The Labute approximate surface area is 301 Å². The number of esters is 1. The van der Waals surface area contributed by atoms with Crippen LogP contribution in [0.1, 0.15) is 81.0 Å². The van der Waals surface area contributed by atoms with Crippen LogP contribution in [0.5, 0.6) is 11.5 Å². The molecule has 6 atom stereocenters. The molecule has 51 heavy (non-hydrogen) atoms. The van der Waals surface area contributed by atoms with E-state index in [-0.39, 0.29) is 62.2 Å². The van der Waals surface area contributed by atoms with Crippen molar-refractivity contribution in [2.45, 2.75) is 102 Å². The molecule has 0 radical (unpaired) electrons. The monoisotopic (exact) mass is 707 g/mol. The second kappa shape index (κ2) is 20.4. The van der Waals surface area contributed by atoms with E-state index in [0.29, 0.717) is 43.8 Å². The number of unbranched alkanes of at least 4 members (excludes halogenated alkanes) is 1. The van der Waals surface area contributed by atoms with Gasteiger partial charge in [-0.05, 0) is 94.2 Å². The van der Waals surface area contributed by atoms with Crippen molar-refractivity contribution in [3.63, 3.8) is 0 Å². The molecular formula is C40H53NO10. The van der Waals surface area contributed by atoms with Gasteiger partial charge in [0.2, 0.25) is 0 Å². The molecule has 1 aliphatic carbocycles. The molecule has 0 spiro atoms. The Hall–Kier alpha value is -3.61. The lowest BCUT2D eigenvalue weighted by Crippen LogP contribution is -2.40. The fourth-order valence-electron chi connectivity index (χ4n) is 6.45. The van der Waals surface area contributed by atoms with E-state index in [9.17, 15) is 14.4 Å². The van der Waals surface area contributed by atoms with E-state index in [0.717, 1.165) is 44.3 Å². The predicted molar refractivity (Wildman–Crippen MR) is 189 cm³/mol. The second-order valence-corrected chi connectivity index (χ2v) is 13.5. The summed E-state index contributed by atoms with van der Waals surface area (Å²) in [6, 6.07) is 16.1. The molecule has 2 aromatic carbocycles. The third-order valence-corrected chi connectivity index (χ3v) is 9.23. The lowest BCUT2D eigenvalue weighted by atomic mass is 9.99. The van der Waals surface area contributed by atoms with E-state index >= 15 is 0 Å². The molecule has 2 saturated heterocycles. The number of ether oxygens (including phenoxy) is 7. The topological polar surface area (TPSA) is 119 Å². The van der Waals surface area contributed by atoms with Crippen LogP contribution in [0.3, 0.4) is 0 Å². The normalized spacial score (nSPS) is 24.4. The highest BCUT2D eigenvalue weighted by atomic mass is 16.7. The minimum absolute atomic E-state index is 0.0981. The summed E-state index contributed by atoms with van der Waals surface area (Å²) >= 11 is 0. The summed E-state index contributed by atoms with van der Waals surface area (Å²) in [5.41, 5.74) is 0.526.